The molecular weight excluding hydrogens is 370 g/mol. The van der Waals surface area contributed by atoms with E-state index in [0.29, 0.717) is 18.7 Å². The summed E-state index contributed by atoms with van der Waals surface area (Å²) < 4.78 is 10.3. The summed E-state index contributed by atoms with van der Waals surface area (Å²) in [6.45, 7) is 0.617. The van der Waals surface area contributed by atoms with E-state index in [4.69, 9.17) is 9.37 Å². The van der Waals surface area contributed by atoms with Crippen LogP contribution < -0.4 is 10.1 Å². The maximum atomic E-state index is 11.1. The lowest BCUT2D eigenvalue weighted by molar-refractivity contribution is -0.393. The molecule has 0 aliphatic rings. The number of benzene rings is 2. The first kappa shape index (κ1) is 18.8. The molecule has 0 aliphatic heterocycles. The molecule has 0 saturated carbocycles. The molecule has 11 heteroatoms. The van der Waals surface area contributed by atoms with Gasteiger partial charge in [0, 0.05) is 18.2 Å². The van der Waals surface area contributed by atoms with E-state index in [9.17, 15) is 20.2 Å². The number of nitro benzene ring substituents is 2. The van der Waals surface area contributed by atoms with Gasteiger partial charge in [-0.3, -0.25) is 20.2 Å². The van der Waals surface area contributed by atoms with Crippen LogP contribution in [-0.2, 0) is 0 Å². The van der Waals surface area contributed by atoms with Crippen molar-refractivity contribution in [2.24, 2.45) is 0 Å². The second-order valence-electron chi connectivity index (χ2n) is 5.63. The lowest BCUT2D eigenvalue weighted by atomic mass is 10.2. The molecule has 0 amide bonds. The van der Waals surface area contributed by atoms with Crippen LogP contribution in [0.2, 0.25) is 0 Å². The molecule has 1 heterocycles. The van der Waals surface area contributed by atoms with Crippen molar-refractivity contribution < 1.29 is 19.2 Å². The van der Waals surface area contributed by atoms with Gasteiger partial charge in [0.2, 0.25) is 0 Å². The van der Waals surface area contributed by atoms with Crippen molar-refractivity contribution in [3.63, 3.8) is 0 Å². The van der Waals surface area contributed by atoms with Crippen LogP contribution in [0.15, 0.2) is 53.2 Å². The Balaban J connectivity index is 1.54. The molecule has 2 aromatic carbocycles. The molecule has 0 aliphatic carbocycles. The van der Waals surface area contributed by atoms with E-state index in [-0.39, 0.29) is 29.5 Å². The lowest BCUT2D eigenvalue weighted by Gasteiger charge is -2.07. The molecule has 3 rings (SSSR count). The number of nitrogens with one attached hydrogen (secondary N) is 1. The average Bonchev–Trinajstić information content (AvgIpc) is 3.16. The Bertz CT molecular complexity index is 975. The minimum absolute atomic E-state index is 0.198. The highest BCUT2D eigenvalue weighted by atomic mass is 16.6. The summed E-state index contributed by atoms with van der Waals surface area (Å²) in [6, 6.07) is 12.7. The number of aromatic nitrogens is 2. The summed E-state index contributed by atoms with van der Waals surface area (Å²) in [5, 5.41) is 32.3. The molecule has 1 N–H and O–H groups in total. The zero-order valence-electron chi connectivity index (χ0n) is 14.5. The van der Waals surface area contributed by atoms with E-state index in [1.54, 1.807) is 0 Å². The summed E-state index contributed by atoms with van der Waals surface area (Å²) in [6.07, 6.45) is 0.495. The van der Waals surface area contributed by atoms with Crippen molar-refractivity contribution in [1.82, 2.24) is 10.3 Å². The second-order valence-corrected chi connectivity index (χ2v) is 5.63. The summed E-state index contributed by atoms with van der Waals surface area (Å²) in [5.41, 5.74) is 0.788. The number of ether oxygens (including phenoxy) is 1. The number of nitrogens with zero attached hydrogens (tertiary/aromatic N) is 4. The van der Waals surface area contributed by atoms with Crippen LogP contribution in [0.1, 0.15) is 6.42 Å². The Morgan fingerprint density at radius 2 is 1.82 bits per heavy atom. The van der Waals surface area contributed by atoms with Crippen molar-refractivity contribution in [1.29, 1.82) is 0 Å². The monoisotopic (exact) mass is 385 g/mol. The molecule has 0 unspecified atom stereocenters. The summed E-state index contributed by atoms with van der Waals surface area (Å²) >= 11 is 0. The Hall–Kier alpha value is -4.02. The molecule has 1 aromatic heterocycles. The number of non-ortho nitro benzene ring substituents is 1. The smallest absolute Gasteiger partial charge is 0.299 e. The largest absolute Gasteiger partial charge is 0.474 e. The third-order valence-corrected chi connectivity index (χ3v) is 3.77. The van der Waals surface area contributed by atoms with E-state index < -0.39 is 9.85 Å². The fraction of sp³-hybridized carbons (Fsp3) is 0.176. The molecule has 0 atom stereocenters. The van der Waals surface area contributed by atoms with Gasteiger partial charge in [-0.05, 0) is 22.8 Å². The Labute approximate surface area is 158 Å². The molecule has 0 saturated heterocycles. The number of nitro groups is 2. The average molecular weight is 385 g/mol. The zero-order chi connectivity index (χ0) is 19.9. The van der Waals surface area contributed by atoms with Gasteiger partial charge in [-0.25, -0.2) is 4.63 Å². The van der Waals surface area contributed by atoms with Crippen molar-refractivity contribution in [2.45, 2.75) is 6.42 Å². The maximum Gasteiger partial charge on any atom is 0.299 e. The van der Waals surface area contributed by atoms with Gasteiger partial charge in [-0.15, -0.1) is 0 Å². The predicted molar refractivity (Wildman–Crippen MR) is 98.1 cm³/mol. The van der Waals surface area contributed by atoms with E-state index in [1.165, 1.54) is 12.1 Å². The van der Waals surface area contributed by atoms with Crippen molar-refractivity contribution >= 4 is 17.1 Å². The van der Waals surface area contributed by atoms with Gasteiger partial charge in [-0.1, -0.05) is 30.3 Å². The molecule has 0 fully saturated rings. The van der Waals surface area contributed by atoms with E-state index in [1.807, 2.05) is 30.3 Å². The zero-order valence-corrected chi connectivity index (χ0v) is 14.5. The first-order chi connectivity index (χ1) is 13.6. The third-order valence-electron chi connectivity index (χ3n) is 3.77. The first-order valence-corrected chi connectivity index (χ1v) is 8.23. The van der Waals surface area contributed by atoms with Gasteiger partial charge >= 0.3 is 0 Å². The van der Waals surface area contributed by atoms with Crippen LogP contribution >= 0.6 is 0 Å². The van der Waals surface area contributed by atoms with Crippen molar-refractivity contribution in [3.8, 4) is 17.1 Å². The van der Waals surface area contributed by atoms with E-state index in [0.717, 1.165) is 11.6 Å². The summed E-state index contributed by atoms with van der Waals surface area (Å²) in [7, 11) is 0. The molecular formula is C17H15N5O6. The molecule has 3 aromatic rings. The van der Waals surface area contributed by atoms with Crippen LogP contribution in [0.4, 0.5) is 17.1 Å². The Morgan fingerprint density at radius 3 is 2.54 bits per heavy atom. The number of anilines is 1. The predicted octanol–water partition coefficient (Wildman–Crippen LogP) is 3.43. The standard InChI is InChI=1S/C17H15N5O6/c23-21(24)13-7-8-14(15(11-13)22(25)26)18-9-4-10-27-17-16(19-28-20-17)12-5-2-1-3-6-12/h1-3,5-8,11,18H,4,9-10H2. The molecule has 144 valence electrons. The highest BCUT2D eigenvalue weighted by molar-refractivity contribution is 5.65. The van der Waals surface area contributed by atoms with Crippen LogP contribution in [0.3, 0.4) is 0 Å². The fourth-order valence-corrected chi connectivity index (χ4v) is 2.45. The fourth-order valence-electron chi connectivity index (χ4n) is 2.45. The first-order valence-electron chi connectivity index (χ1n) is 8.23. The number of hydrogen-bond acceptors (Lipinski definition) is 9. The second kappa shape index (κ2) is 8.58. The van der Waals surface area contributed by atoms with Gasteiger partial charge < -0.3 is 10.1 Å². The van der Waals surface area contributed by atoms with E-state index >= 15 is 0 Å². The summed E-state index contributed by atoms with van der Waals surface area (Å²) in [5.74, 6) is 0.257. The topological polar surface area (TPSA) is 146 Å². The SMILES string of the molecule is O=[N+]([O-])c1ccc(NCCCOc2nonc2-c2ccccc2)c([N+](=O)[O-])c1. The van der Waals surface area contributed by atoms with E-state index in [2.05, 4.69) is 15.6 Å². The molecule has 0 spiro atoms. The van der Waals surface area contributed by atoms with Gasteiger partial charge in [0.25, 0.3) is 17.3 Å². The van der Waals surface area contributed by atoms with Crippen LogP contribution in [0.25, 0.3) is 11.3 Å². The molecule has 0 bridgehead atoms. The van der Waals surface area contributed by atoms with Crippen LogP contribution in [-0.4, -0.2) is 33.3 Å². The maximum absolute atomic E-state index is 11.1. The van der Waals surface area contributed by atoms with Gasteiger partial charge in [0.05, 0.1) is 22.5 Å². The third kappa shape index (κ3) is 4.38. The highest BCUT2D eigenvalue weighted by Crippen LogP contribution is 2.29. The van der Waals surface area contributed by atoms with Crippen LogP contribution in [0.5, 0.6) is 5.88 Å². The minimum atomic E-state index is -0.680. The quantitative estimate of drug-likeness (QED) is 0.332. The highest BCUT2D eigenvalue weighted by Gasteiger charge is 2.19. The van der Waals surface area contributed by atoms with Crippen molar-refractivity contribution in [3.05, 3.63) is 68.8 Å². The van der Waals surface area contributed by atoms with Gasteiger partial charge in [0.15, 0.2) is 5.69 Å². The number of hydrogen-bond donors (Lipinski definition) is 1. The minimum Gasteiger partial charge on any atom is -0.474 e. The summed E-state index contributed by atoms with van der Waals surface area (Å²) in [4.78, 5) is 20.5. The van der Waals surface area contributed by atoms with Crippen molar-refractivity contribution in [2.75, 3.05) is 18.5 Å². The lowest BCUT2D eigenvalue weighted by Crippen LogP contribution is -2.09. The Kier molecular flexibility index (Phi) is 5.75. The Morgan fingerprint density at radius 1 is 1.04 bits per heavy atom. The van der Waals surface area contributed by atoms with Crippen LogP contribution in [0, 0.1) is 20.2 Å². The molecule has 0 radical (unpaired) electrons. The molecule has 28 heavy (non-hydrogen) atoms. The van der Waals surface area contributed by atoms with Gasteiger partial charge in [0.1, 0.15) is 5.69 Å². The normalized spacial score (nSPS) is 10.4. The van der Waals surface area contributed by atoms with Gasteiger partial charge in [-0.2, -0.15) is 0 Å². The number of rotatable bonds is 9. The molecule has 11 nitrogen and oxygen atoms in total.